The van der Waals surface area contributed by atoms with Gasteiger partial charge < -0.3 is 5.53 Å². The van der Waals surface area contributed by atoms with Gasteiger partial charge in [-0.05, 0) is 18.3 Å². The van der Waals surface area contributed by atoms with Crippen LogP contribution in [0.3, 0.4) is 0 Å². The Morgan fingerprint density at radius 1 is 1.58 bits per heavy atom. The predicted octanol–water partition coefficient (Wildman–Crippen LogP) is 2.28. The second kappa shape index (κ2) is 2.08. The molecule has 0 amide bonds. The molecule has 0 heterocycles. The molecule has 2 heteroatoms. The van der Waals surface area contributed by atoms with Crippen LogP contribution in [0.2, 0.25) is 0 Å². The third kappa shape index (κ3) is 0.818. The van der Waals surface area contributed by atoms with Gasteiger partial charge in [0.15, 0.2) is 0 Å². The molecular formula is C10H14N2. The Hall–Kier alpha value is -0.880. The van der Waals surface area contributed by atoms with E-state index in [1.54, 1.807) is 5.57 Å². The summed E-state index contributed by atoms with van der Waals surface area (Å²) in [6, 6.07) is 0. The highest BCUT2D eigenvalue weighted by atomic mass is 14.9. The zero-order valence-corrected chi connectivity index (χ0v) is 7.83. The van der Waals surface area contributed by atoms with Crippen molar-refractivity contribution in [1.82, 2.24) is 0 Å². The largest absolute Gasteiger partial charge is 0.362 e. The Labute approximate surface area is 72.9 Å². The van der Waals surface area contributed by atoms with Gasteiger partial charge in [0.05, 0.1) is 12.3 Å². The molecule has 2 aliphatic rings. The average molecular weight is 162 g/mol. The van der Waals surface area contributed by atoms with Crippen LogP contribution in [0.15, 0.2) is 11.6 Å². The lowest BCUT2D eigenvalue weighted by atomic mass is 9.95. The van der Waals surface area contributed by atoms with Gasteiger partial charge in [-0.2, -0.15) is 4.79 Å². The lowest BCUT2D eigenvalue weighted by molar-refractivity contribution is -0.0147. The third-order valence-corrected chi connectivity index (χ3v) is 3.40. The molecule has 1 saturated carbocycles. The minimum atomic E-state index is 0.336. The van der Waals surface area contributed by atoms with Crippen LogP contribution in [-0.2, 0) is 0 Å². The molecule has 0 saturated heterocycles. The van der Waals surface area contributed by atoms with Gasteiger partial charge in [-0.15, -0.1) is 0 Å². The van der Waals surface area contributed by atoms with Crippen LogP contribution >= 0.6 is 0 Å². The van der Waals surface area contributed by atoms with Gasteiger partial charge in [-0.3, -0.25) is 0 Å². The van der Waals surface area contributed by atoms with Gasteiger partial charge in [-0.1, -0.05) is 25.5 Å². The topological polar surface area (TPSA) is 36.4 Å². The van der Waals surface area contributed by atoms with Crippen molar-refractivity contribution in [2.24, 2.45) is 17.3 Å². The van der Waals surface area contributed by atoms with Gasteiger partial charge in [0.25, 0.3) is 5.71 Å². The number of allylic oxidation sites excluding steroid dienone is 2. The zero-order valence-electron chi connectivity index (χ0n) is 7.83. The molecule has 0 N–H and O–H groups in total. The van der Waals surface area contributed by atoms with E-state index in [0.29, 0.717) is 17.3 Å². The Kier molecular flexibility index (Phi) is 1.34. The lowest BCUT2D eigenvalue weighted by Crippen LogP contribution is -2.14. The van der Waals surface area contributed by atoms with Crippen LogP contribution in [0.1, 0.15) is 27.2 Å². The minimum Gasteiger partial charge on any atom is -0.362 e. The molecule has 64 valence electrons. The standard InChI is InChI=1S/C10H14N2/c1-6-4-7-8(10(7,2)3)5-9(6)12-11/h4,6,8H,5H2,1-3H3. The van der Waals surface area contributed by atoms with E-state index in [-0.39, 0.29) is 0 Å². The Bertz CT molecular complexity index is 306. The van der Waals surface area contributed by atoms with Crippen molar-refractivity contribution in [3.8, 4) is 0 Å². The molecule has 12 heavy (non-hydrogen) atoms. The summed E-state index contributed by atoms with van der Waals surface area (Å²) in [5.41, 5.74) is 11.6. The summed E-state index contributed by atoms with van der Waals surface area (Å²) in [6.07, 6.45) is 3.21. The summed E-state index contributed by atoms with van der Waals surface area (Å²) in [6.45, 7) is 6.61. The molecule has 0 aromatic rings. The van der Waals surface area contributed by atoms with Crippen molar-refractivity contribution in [2.45, 2.75) is 27.2 Å². The lowest BCUT2D eigenvalue weighted by Gasteiger charge is -2.03. The fourth-order valence-electron chi connectivity index (χ4n) is 2.26. The molecule has 0 aliphatic heterocycles. The number of hydrogen-bond donors (Lipinski definition) is 0. The first kappa shape index (κ1) is 7.75. The highest BCUT2D eigenvalue weighted by Gasteiger charge is 2.56. The van der Waals surface area contributed by atoms with Crippen molar-refractivity contribution >= 4 is 5.71 Å². The number of nitrogens with zero attached hydrogens (tertiary/aromatic N) is 2. The van der Waals surface area contributed by atoms with E-state index in [4.69, 9.17) is 5.53 Å². The van der Waals surface area contributed by atoms with E-state index in [1.807, 2.05) is 0 Å². The summed E-state index contributed by atoms with van der Waals surface area (Å²) in [7, 11) is 0. The van der Waals surface area contributed by atoms with Crippen molar-refractivity contribution in [3.05, 3.63) is 17.2 Å². The number of rotatable bonds is 0. The van der Waals surface area contributed by atoms with Crippen molar-refractivity contribution in [3.63, 3.8) is 0 Å². The SMILES string of the molecule is CC1C=C2C(CC1=[N+]=[N-])C2(C)C. The minimum absolute atomic E-state index is 0.336. The Balaban J connectivity index is 2.34. The molecule has 2 unspecified atom stereocenters. The van der Waals surface area contributed by atoms with E-state index >= 15 is 0 Å². The Morgan fingerprint density at radius 2 is 2.25 bits per heavy atom. The van der Waals surface area contributed by atoms with Gasteiger partial charge in [-0.25, -0.2) is 0 Å². The zero-order chi connectivity index (χ0) is 8.93. The van der Waals surface area contributed by atoms with E-state index in [1.165, 1.54) is 0 Å². The smallest absolute Gasteiger partial charge is 0.275 e. The molecule has 2 atom stereocenters. The van der Waals surface area contributed by atoms with Crippen molar-refractivity contribution < 1.29 is 4.79 Å². The van der Waals surface area contributed by atoms with Gasteiger partial charge in [0.2, 0.25) is 0 Å². The summed E-state index contributed by atoms with van der Waals surface area (Å²) in [4.78, 5) is 3.34. The van der Waals surface area contributed by atoms with Gasteiger partial charge >= 0.3 is 0 Å². The van der Waals surface area contributed by atoms with Crippen LogP contribution in [0.25, 0.3) is 5.53 Å². The van der Waals surface area contributed by atoms with Crippen LogP contribution < -0.4 is 0 Å². The normalized spacial score (nSPS) is 36.6. The average Bonchev–Trinajstić information content (AvgIpc) is 2.52. The van der Waals surface area contributed by atoms with Crippen LogP contribution in [0.5, 0.6) is 0 Å². The summed E-state index contributed by atoms with van der Waals surface area (Å²) in [5.74, 6) is 0.989. The summed E-state index contributed by atoms with van der Waals surface area (Å²) >= 11 is 0. The van der Waals surface area contributed by atoms with Crippen LogP contribution in [0, 0.1) is 17.3 Å². The fraction of sp³-hybridized carbons (Fsp3) is 0.700. The van der Waals surface area contributed by atoms with Crippen molar-refractivity contribution in [1.29, 1.82) is 0 Å². The summed E-state index contributed by atoms with van der Waals surface area (Å²) < 4.78 is 0. The highest BCUT2D eigenvalue weighted by molar-refractivity contribution is 5.86. The van der Waals surface area contributed by atoms with Gasteiger partial charge in [0, 0.05) is 0 Å². The van der Waals surface area contributed by atoms with Gasteiger partial charge in [0.1, 0.15) is 0 Å². The van der Waals surface area contributed by atoms with Crippen molar-refractivity contribution in [2.75, 3.05) is 0 Å². The molecule has 2 aliphatic carbocycles. The molecule has 0 bridgehead atoms. The molecule has 0 radical (unpaired) electrons. The quantitative estimate of drug-likeness (QED) is 0.298. The second-order valence-electron chi connectivity index (χ2n) is 4.48. The Morgan fingerprint density at radius 3 is 2.83 bits per heavy atom. The fourth-order valence-corrected chi connectivity index (χ4v) is 2.26. The number of hydrogen-bond acceptors (Lipinski definition) is 0. The molecule has 1 fully saturated rings. The molecule has 0 spiro atoms. The summed E-state index contributed by atoms with van der Waals surface area (Å²) in [5, 5.41) is 0. The highest BCUT2D eigenvalue weighted by Crippen LogP contribution is 2.61. The number of fused-ring (bicyclic) bond motifs is 1. The molecule has 0 aromatic carbocycles. The van der Waals surface area contributed by atoms with Crippen LogP contribution in [-0.4, -0.2) is 10.5 Å². The maximum Gasteiger partial charge on any atom is 0.275 e. The molecule has 0 aromatic heterocycles. The van der Waals surface area contributed by atoms with E-state index in [0.717, 1.165) is 12.1 Å². The monoisotopic (exact) mass is 162 g/mol. The third-order valence-electron chi connectivity index (χ3n) is 3.40. The molecular weight excluding hydrogens is 148 g/mol. The van der Waals surface area contributed by atoms with E-state index in [2.05, 4.69) is 31.6 Å². The molecule has 2 nitrogen and oxygen atoms in total. The second-order valence-corrected chi connectivity index (χ2v) is 4.48. The maximum atomic E-state index is 8.73. The maximum absolute atomic E-state index is 8.73. The van der Waals surface area contributed by atoms with Crippen LogP contribution in [0.4, 0.5) is 0 Å². The predicted molar refractivity (Wildman–Crippen MR) is 47.8 cm³/mol. The first-order valence-electron chi connectivity index (χ1n) is 4.50. The van der Waals surface area contributed by atoms with E-state index in [9.17, 15) is 0 Å². The first-order chi connectivity index (χ1) is 5.57. The van der Waals surface area contributed by atoms with E-state index < -0.39 is 0 Å². The first-order valence-corrected chi connectivity index (χ1v) is 4.50. The molecule has 2 rings (SSSR count).